The lowest BCUT2D eigenvalue weighted by atomic mass is 9.86. The van der Waals surface area contributed by atoms with Gasteiger partial charge < -0.3 is 10.4 Å². The maximum absolute atomic E-state index is 10.1. The van der Waals surface area contributed by atoms with Crippen LogP contribution in [0, 0.1) is 0 Å². The van der Waals surface area contributed by atoms with Gasteiger partial charge in [-0.15, -0.1) is 0 Å². The number of phenols is 1. The molecular formula is C19H23NO. The van der Waals surface area contributed by atoms with Crippen LogP contribution >= 0.6 is 0 Å². The van der Waals surface area contributed by atoms with Crippen LogP contribution in [0.3, 0.4) is 0 Å². The average Bonchev–Trinajstić information content (AvgIpc) is 2.53. The van der Waals surface area contributed by atoms with Gasteiger partial charge in [0.25, 0.3) is 0 Å². The standard InChI is InChI=1S/C19H23NO/c1-2-17(16-11-5-6-13-19(16)21)20-18-12-7-9-14-8-3-4-10-15(14)18/h3-6,8,10-11,13,17-18,20-21H,2,7,9,12H2,1H3. The average molecular weight is 281 g/mol. The molecule has 2 nitrogen and oxygen atoms in total. The molecule has 2 heteroatoms. The third-order valence-corrected chi connectivity index (χ3v) is 4.49. The van der Waals surface area contributed by atoms with Crippen LogP contribution in [0.15, 0.2) is 48.5 Å². The van der Waals surface area contributed by atoms with Crippen LogP contribution in [0.2, 0.25) is 0 Å². The SMILES string of the molecule is CCC(NC1CCCc2ccccc21)c1ccccc1O. The molecule has 0 amide bonds. The lowest BCUT2D eigenvalue weighted by molar-refractivity contribution is 0.380. The van der Waals surface area contributed by atoms with Crippen LogP contribution in [-0.4, -0.2) is 5.11 Å². The van der Waals surface area contributed by atoms with Crippen molar-refractivity contribution in [2.24, 2.45) is 0 Å². The topological polar surface area (TPSA) is 32.3 Å². The summed E-state index contributed by atoms with van der Waals surface area (Å²) in [5.74, 6) is 0.390. The van der Waals surface area contributed by atoms with Crippen LogP contribution in [0.25, 0.3) is 0 Å². The lowest BCUT2D eigenvalue weighted by Gasteiger charge is -2.30. The Labute approximate surface area is 126 Å². The molecule has 0 bridgehead atoms. The van der Waals surface area contributed by atoms with Crippen molar-refractivity contribution in [1.82, 2.24) is 5.32 Å². The number of benzene rings is 2. The van der Waals surface area contributed by atoms with E-state index in [1.165, 1.54) is 30.4 Å². The van der Waals surface area contributed by atoms with Crippen molar-refractivity contribution in [1.29, 1.82) is 0 Å². The third-order valence-electron chi connectivity index (χ3n) is 4.49. The molecule has 0 radical (unpaired) electrons. The first-order valence-corrected chi connectivity index (χ1v) is 7.91. The molecule has 3 rings (SSSR count). The van der Waals surface area contributed by atoms with Crippen molar-refractivity contribution in [3.05, 3.63) is 65.2 Å². The summed E-state index contributed by atoms with van der Waals surface area (Å²) in [4.78, 5) is 0. The Bertz CT molecular complexity index is 608. The molecule has 2 atom stereocenters. The van der Waals surface area contributed by atoms with Gasteiger partial charge in [0.05, 0.1) is 0 Å². The molecule has 0 fully saturated rings. The summed E-state index contributed by atoms with van der Waals surface area (Å²) < 4.78 is 0. The number of fused-ring (bicyclic) bond motifs is 1. The Morgan fingerprint density at radius 1 is 1.14 bits per heavy atom. The maximum Gasteiger partial charge on any atom is 0.120 e. The zero-order chi connectivity index (χ0) is 14.7. The van der Waals surface area contributed by atoms with E-state index in [2.05, 4.69) is 36.5 Å². The number of nitrogens with one attached hydrogen (secondary N) is 1. The van der Waals surface area contributed by atoms with Crippen molar-refractivity contribution in [3.63, 3.8) is 0 Å². The minimum absolute atomic E-state index is 0.197. The van der Waals surface area contributed by atoms with Crippen LogP contribution < -0.4 is 5.32 Å². The van der Waals surface area contributed by atoms with E-state index < -0.39 is 0 Å². The summed E-state index contributed by atoms with van der Waals surface area (Å²) >= 11 is 0. The number of phenolic OH excluding ortho intramolecular Hbond substituents is 1. The van der Waals surface area contributed by atoms with E-state index >= 15 is 0 Å². The second-order valence-electron chi connectivity index (χ2n) is 5.83. The van der Waals surface area contributed by atoms with Gasteiger partial charge in [-0.2, -0.15) is 0 Å². The van der Waals surface area contributed by atoms with E-state index in [0.717, 1.165) is 12.0 Å². The number of aryl methyl sites for hydroxylation is 1. The summed E-state index contributed by atoms with van der Waals surface area (Å²) in [6.07, 6.45) is 4.55. The lowest BCUT2D eigenvalue weighted by Crippen LogP contribution is -2.29. The fourth-order valence-electron chi connectivity index (χ4n) is 3.38. The molecule has 2 aromatic rings. The molecule has 2 N–H and O–H groups in total. The van der Waals surface area contributed by atoms with Crippen LogP contribution in [0.1, 0.15) is 55.0 Å². The minimum Gasteiger partial charge on any atom is -0.508 e. The Morgan fingerprint density at radius 2 is 1.90 bits per heavy atom. The first-order chi connectivity index (χ1) is 10.3. The molecule has 0 spiro atoms. The zero-order valence-electron chi connectivity index (χ0n) is 12.5. The smallest absolute Gasteiger partial charge is 0.120 e. The largest absolute Gasteiger partial charge is 0.508 e. The molecular weight excluding hydrogens is 258 g/mol. The summed E-state index contributed by atoms with van der Waals surface area (Å²) in [6.45, 7) is 2.17. The Morgan fingerprint density at radius 3 is 2.71 bits per heavy atom. The third kappa shape index (κ3) is 2.96. The number of aromatic hydroxyl groups is 1. The predicted octanol–water partition coefficient (Wildman–Crippen LogP) is 4.51. The first-order valence-electron chi connectivity index (χ1n) is 7.91. The Kier molecular flexibility index (Phi) is 4.26. The second kappa shape index (κ2) is 6.31. The quantitative estimate of drug-likeness (QED) is 0.864. The summed E-state index contributed by atoms with van der Waals surface area (Å²) in [6, 6.07) is 17.0. The van der Waals surface area contributed by atoms with Crippen molar-refractivity contribution in [2.45, 2.75) is 44.7 Å². The maximum atomic E-state index is 10.1. The number of para-hydroxylation sites is 1. The minimum atomic E-state index is 0.197. The van der Waals surface area contributed by atoms with Crippen molar-refractivity contribution in [3.8, 4) is 5.75 Å². The molecule has 1 aliphatic carbocycles. The van der Waals surface area contributed by atoms with Gasteiger partial charge in [0.15, 0.2) is 0 Å². The summed E-state index contributed by atoms with van der Waals surface area (Å²) in [5, 5.41) is 13.9. The van der Waals surface area contributed by atoms with E-state index in [1.807, 2.05) is 18.2 Å². The molecule has 21 heavy (non-hydrogen) atoms. The van der Waals surface area contributed by atoms with E-state index in [-0.39, 0.29) is 6.04 Å². The van der Waals surface area contributed by atoms with Crippen molar-refractivity contribution < 1.29 is 5.11 Å². The Hall–Kier alpha value is -1.80. The van der Waals surface area contributed by atoms with Gasteiger partial charge in [-0.3, -0.25) is 0 Å². The highest BCUT2D eigenvalue weighted by molar-refractivity contribution is 5.36. The van der Waals surface area contributed by atoms with Gasteiger partial charge in [0, 0.05) is 17.6 Å². The van der Waals surface area contributed by atoms with Gasteiger partial charge in [-0.1, -0.05) is 49.4 Å². The highest BCUT2D eigenvalue weighted by Gasteiger charge is 2.23. The van der Waals surface area contributed by atoms with Crippen molar-refractivity contribution >= 4 is 0 Å². The monoisotopic (exact) mass is 281 g/mol. The second-order valence-corrected chi connectivity index (χ2v) is 5.83. The predicted molar refractivity (Wildman–Crippen MR) is 86.4 cm³/mol. The van der Waals surface area contributed by atoms with Gasteiger partial charge in [0.2, 0.25) is 0 Å². The molecule has 0 aromatic heterocycles. The molecule has 0 heterocycles. The number of hydrogen-bond acceptors (Lipinski definition) is 2. The zero-order valence-corrected chi connectivity index (χ0v) is 12.5. The summed E-state index contributed by atoms with van der Waals surface area (Å²) in [5.41, 5.74) is 3.90. The Balaban J connectivity index is 1.84. The fraction of sp³-hybridized carbons (Fsp3) is 0.368. The summed E-state index contributed by atoms with van der Waals surface area (Å²) in [7, 11) is 0. The number of rotatable bonds is 4. The van der Waals surface area contributed by atoms with Gasteiger partial charge >= 0.3 is 0 Å². The molecule has 1 aliphatic rings. The van der Waals surface area contributed by atoms with E-state index in [1.54, 1.807) is 6.07 Å². The molecule has 0 saturated heterocycles. The van der Waals surface area contributed by atoms with Gasteiger partial charge in [-0.05, 0) is 42.9 Å². The molecule has 2 aromatic carbocycles. The van der Waals surface area contributed by atoms with Crippen LogP contribution in [0.4, 0.5) is 0 Å². The van der Waals surface area contributed by atoms with Crippen LogP contribution in [-0.2, 0) is 6.42 Å². The van der Waals surface area contributed by atoms with E-state index in [0.29, 0.717) is 11.8 Å². The highest BCUT2D eigenvalue weighted by atomic mass is 16.3. The highest BCUT2D eigenvalue weighted by Crippen LogP contribution is 2.34. The van der Waals surface area contributed by atoms with Gasteiger partial charge in [-0.25, -0.2) is 0 Å². The normalized spacial score (nSPS) is 19.0. The molecule has 2 unspecified atom stereocenters. The molecule has 0 saturated carbocycles. The molecule has 0 aliphatic heterocycles. The van der Waals surface area contributed by atoms with Gasteiger partial charge in [0.1, 0.15) is 5.75 Å². The van der Waals surface area contributed by atoms with E-state index in [4.69, 9.17) is 0 Å². The fourth-order valence-corrected chi connectivity index (χ4v) is 3.38. The van der Waals surface area contributed by atoms with E-state index in [9.17, 15) is 5.11 Å². The van der Waals surface area contributed by atoms with Crippen LogP contribution in [0.5, 0.6) is 5.75 Å². The molecule has 110 valence electrons. The first kappa shape index (κ1) is 14.2. The van der Waals surface area contributed by atoms with Crippen molar-refractivity contribution in [2.75, 3.05) is 0 Å². The number of hydrogen-bond donors (Lipinski definition) is 2.